The van der Waals surface area contributed by atoms with Gasteiger partial charge in [0.2, 0.25) is 0 Å². The molecular formula is C80H104FN21O14S. The Morgan fingerprint density at radius 1 is 0.350 bits per heavy atom. The molecule has 7 N–H and O–H groups in total. The first kappa shape index (κ1) is 104. The third-order valence-electron chi connectivity index (χ3n) is 16.3. The minimum Gasteiger partial charge on any atom is -0.263 e. The van der Waals surface area contributed by atoms with Crippen molar-refractivity contribution < 1.29 is 71.5 Å². The van der Waals surface area contributed by atoms with Gasteiger partial charge in [-0.15, -0.1) is 11.3 Å². The van der Waals surface area contributed by atoms with Crippen molar-refractivity contribution in [3.63, 3.8) is 0 Å². The normalized spacial score (nSPS) is 11.0. The number of nitrogens with zero attached hydrogens (tertiary/aromatic N) is 14. The molecule has 8 heterocycles. The molecule has 0 unspecified atom stereocenters. The van der Waals surface area contributed by atoms with Crippen molar-refractivity contribution in [1.29, 1.82) is 0 Å². The topological polar surface area (TPSA) is 530 Å². The van der Waals surface area contributed by atoms with E-state index in [2.05, 4.69) is 222 Å². The second-order valence-electron chi connectivity index (χ2n) is 25.3. The van der Waals surface area contributed by atoms with Gasteiger partial charge in [0.05, 0.1) is 0 Å². The Morgan fingerprint density at radius 3 is 0.923 bits per heavy atom. The number of halogens is 1. The number of aromatic amines is 7. The fourth-order valence-corrected chi connectivity index (χ4v) is 11.4. The van der Waals surface area contributed by atoms with Crippen LogP contribution in [0.25, 0.3) is 0 Å². The molecule has 626 valence electrons. The Labute approximate surface area is 681 Å². The molecule has 37 heteroatoms. The highest BCUT2D eigenvalue weighted by molar-refractivity contribution is 7.09. The van der Waals surface area contributed by atoms with Crippen molar-refractivity contribution in [2.75, 3.05) is 0 Å². The van der Waals surface area contributed by atoms with Gasteiger partial charge < -0.3 is 0 Å². The van der Waals surface area contributed by atoms with Gasteiger partial charge in [-0.2, -0.15) is 103 Å². The van der Waals surface area contributed by atoms with Gasteiger partial charge in [0, 0.05) is 94.8 Å². The van der Waals surface area contributed by atoms with Crippen LogP contribution in [0.1, 0.15) is 235 Å². The van der Waals surface area contributed by atoms with E-state index in [-0.39, 0.29) is 48.9 Å². The number of nitrogens with one attached hydrogen (secondary N) is 7. The maximum Gasteiger partial charge on any atom is 0.373 e. The van der Waals surface area contributed by atoms with Gasteiger partial charge in [0.15, 0.2) is 0 Å². The quantitative estimate of drug-likeness (QED) is 0.0331. The summed E-state index contributed by atoms with van der Waals surface area (Å²) in [5.41, 5.74) is 4.83. The lowest BCUT2D eigenvalue weighted by Gasteiger charge is -2.19. The standard InChI is InChI=1S/C12H15N3.C11H12FN3.C11H19N3.C11H13N3.C10H17N3.C9H11N3S.C9H17N3.7CO2/c1-3-11-13-12(15-14-11)8-10-6-4-9(2)5-7-10;1-2-10-13-11(15-14-10)7-8-3-5-9(12)6-4-8;2*1-2-10-12-11(14-13-10)8-9-6-4-3-5-7-9;1-2-9-11-10(13-12-9)7-8-5-3-4-6-8;1-2-8-10-9(12-11-8)6-7-4-3-5-13-7;1-4-8-10-9(12-11-8)6-5-7(2)3;7*2-1-3/h4-7H,3,8H2,1-2H3,(H,13,14,15);3-6H,2,7H2,1H3,(H,13,14,15);9H,2-8H2,1H3,(H,12,13,14);3-7H,2,8H2,1H3,(H,12,13,14);8H,2-7H2,1H3,(H,11,12,13);3-5H,2,6H2,1H3,(H,10,11,12);7H,4-6H2,1-3H3,(H,10,11,12);;;;;;;. The average Bonchev–Trinajstić information content (AvgIpc) is 1.86. The van der Waals surface area contributed by atoms with E-state index in [1.807, 2.05) is 25.1 Å². The van der Waals surface area contributed by atoms with Crippen LogP contribution in [0.15, 0.2) is 96.4 Å². The molecule has 2 aliphatic carbocycles. The Morgan fingerprint density at radius 2 is 0.624 bits per heavy atom. The predicted molar refractivity (Wildman–Crippen MR) is 414 cm³/mol. The number of hydrogen-bond donors (Lipinski definition) is 7. The second kappa shape index (κ2) is 68.5. The lowest BCUT2D eigenvalue weighted by atomic mass is 9.87. The van der Waals surface area contributed by atoms with Crippen LogP contribution in [-0.2, 0) is 157 Å². The van der Waals surface area contributed by atoms with Gasteiger partial charge >= 0.3 is 43.1 Å². The van der Waals surface area contributed by atoms with Crippen LogP contribution >= 0.6 is 11.3 Å². The van der Waals surface area contributed by atoms with E-state index in [0.29, 0.717) is 6.42 Å². The molecule has 3 aromatic carbocycles. The smallest absolute Gasteiger partial charge is 0.263 e. The van der Waals surface area contributed by atoms with Gasteiger partial charge in [-0.1, -0.05) is 198 Å². The molecule has 35 nitrogen and oxygen atoms in total. The lowest BCUT2D eigenvalue weighted by molar-refractivity contribution is -0.193. The first-order valence-electron chi connectivity index (χ1n) is 37.8. The molecule has 0 saturated heterocycles. The van der Waals surface area contributed by atoms with E-state index in [1.54, 1.807) is 23.5 Å². The SMILES string of the molecule is CCc1n[nH]c(CC2CCCC2)n1.CCc1n[nH]c(CC2CCCCC2)n1.CCc1n[nH]c(CCC(C)C)n1.CCc1n[nH]c(Cc2ccc(C)cc2)n1.CCc1n[nH]c(Cc2ccc(F)cc2)n1.CCc1n[nH]c(Cc2ccccc2)n1.CCc1n[nH]c(Cc2cccs2)n1.O=C=O.O=C=O.O=C=O.O=C=O.O=C=O.O=C=O.O=C=O. The minimum absolute atomic E-state index is 0.217. The minimum atomic E-state index is -0.217. The number of rotatable bonds is 22. The monoisotopic (exact) mass is 1630 g/mol. The zero-order valence-electron chi connectivity index (χ0n) is 67.7. The summed E-state index contributed by atoms with van der Waals surface area (Å²) < 4.78 is 12.6. The number of carbonyl (C=O) groups excluding carboxylic acids is 14. The van der Waals surface area contributed by atoms with Crippen LogP contribution in [0.2, 0.25) is 0 Å². The van der Waals surface area contributed by atoms with Crippen molar-refractivity contribution in [1.82, 2.24) is 106 Å². The first-order valence-corrected chi connectivity index (χ1v) is 38.7. The van der Waals surface area contributed by atoms with Crippen LogP contribution in [0, 0.1) is 30.5 Å². The van der Waals surface area contributed by atoms with E-state index in [4.69, 9.17) is 67.1 Å². The summed E-state index contributed by atoms with van der Waals surface area (Å²) in [7, 11) is 0. The molecule has 0 aliphatic heterocycles. The third kappa shape index (κ3) is 51.3. The summed E-state index contributed by atoms with van der Waals surface area (Å²) in [6, 6.07) is 29.3. The molecule has 2 aliphatic rings. The van der Waals surface area contributed by atoms with Crippen molar-refractivity contribution in [3.05, 3.63) is 211 Å². The predicted octanol–water partition coefficient (Wildman–Crippen LogP) is 10.8. The van der Waals surface area contributed by atoms with E-state index in [0.717, 1.165) is 188 Å². The van der Waals surface area contributed by atoms with Crippen LogP contribution in [0.5, 0.6) is 0 Å². The van der Waals surface area contributed by atoms with Crippen LogP contribution < -0.4 is 0 Å². The summed E-state index contributed by atoms with van der Waals surface area (Å²) in [5.74, 6) is 15.4. The third-order valence-corrected chi connectivity index (χ3v) is 17.2. The molecule has 0 spiro atoms. The molecule has 2 fully saturated rings. The van der Waals surface area contributed by atoms with Gasteiger partial charge in [-0.3, -0.25) is 35.7 Å². The zero-order valence-corrected chi connectivity index (χ0v) is 68.5. The molecule has 2 saturated carbocycles. The van der Waals surface area contributed by atoms with Crippen LogP contribution in [0.4, 0.5) is 4.39 Å². The molecule has 0 amide bonds. The van der Waals surface area contributed by atoms with E-state index < -0.39 is 0 Å². The van der Waals surface area contributed by atoms with Crippen LogP contribution in [-0.4, -0.2) is 149 Å². The highest BCUT2D eigenvalue weighted by atomic mass is 32.1. The summed E-state index contributed by atoms with van der Waals surface area (Å²) in [5, 5.41) is 51.5. The van der Waals surface area contributed by atoms with Gasteiger partial charge in [0.25, 0.3) is 0 Å². The van der Waals surface area contributed by atoms with Crippen molar-refractivity contribution in [2.45, 2.75) is 223 Å². The van der Waals surface area contributed by atoms with Gasteiger partial charge in [-0.25, -0.2) is 39.3 Å². The van der Waals surface area contributed by atoms with Gasteiger partial charge in [-0.05, 0) is 71.4 Å². The molecule has 11 aromatic rings. The number of aryl methyl sites for hydroxylation is 9. The molecule has 0 bridgehead atoms. The summed E-state index contributed by atoms with van der Waals surface area (Å²) >= 11 is 1.75. The molecule has 8 aromatic heterocycles. The lowest BCUT2D eigenvalue weighted by Crippen LogP contribution is -2.10. The second-order valence-corrected chi connectivity index (χ2v) is 26.4. The Kier molecular flexibility index (Phi) is 60.9. The average molecular weight is 1630 g/mol. The zero-order chi connectivity index (χ0) is 87.1. The largest absolute Gasteiger partial charge is 0.373 e. The van der Waals surface area contributed by atoms with E-state index in [9.17, 15) is 4.39 Å². The van der Waals surface area contributed by atoms with E-state index >= 15 is 0 Å². The highest BCUT2D eigenvalue weighted by Gasteiger charge is 2.18. The Balaban J connectivity index is 0.00000129. The number of benzene rings is 3. The first-order chi connectivity index (χ1) is 56.7. The number of H-pyrrole nitrogens is 7. The fraction of sp³-hybridized carbons (Fsp3) is 0.463. The fourth-order valence-electron chi connectivity index (χ4n) is 10.7. The summed E-state index contributed by atoms with van der Waals surface area (Å²) in [4.78, 5) is 146. The number of thiophene rings is 1. The molecule has 0 atom stereocenters. The maximum absolute atomic E-state index is 12.6. The molecular weight excluding hydrogens is 1530 g/mol. The van der Waals surface area contributed by atoms with Crippen molar-refractivity contribution in [2.24, 2.45) is 17.8 Å². The Bertz CT molecular complexity index is 4340. The number of aromatic nitrogens is 21. The summed E-state index contributed by atoms with van der Waals surface area (Å²) in [6.45, 7) is 20.9. The van der Waals surface area contributed by atoms with Crippen LogP contribution in [0.3, 0.4) is 0 Å². The van der Waals surface area contributed by atoms with Gasteiger partial charge in [0.1, 0.15) is 87.4 Å². The molecule has 0 radical (unpaired) electrons. The highest BCUT2D eigenvalue weighted by Crippen LogP contribution is 2.28. The Hall–Kier alpha value is -13.1. The molecule has 117 heavy (non-hydrogen) atoms. The van der Waals surface area contributed by atoms with E-state index in [1.165, 1.54) is 97.9 Å². The number of hydrogen-bond acceptors (Lipinski definition) is 29. The molecule has 13 rings (SSSR count). The maximum atomic E-state index is 12.6. The van der Waals surface area contributed by atoms with Crippen molar-refractivity contribution in [3.8, 4) is 0 Å². The summed E-state index contributed by atoms with van der Waals surface area (Å²) in [6.07, 6.45) is 28.1. The van der Waals surface area contributed by atoms with Crippen molar-refractivity contribution >= 4 is 54.4 Å².